The predicted molar refractivity (Wildman–Crippen MR) is 78.1 cm³/mol. The molecule has 0 radical (unpaired) electrons. The van der Waals surface area contributed by atoms with Crippen LogP contribution in [0.2, 0.25) is 0 Å². The Morgan fingerprint density at radius 1 is 1.45 bits per heavy atom. The maximum Gasteiger partial charge on any atom is 0.231 e. The van der Waals surface area contributed by atoms with E-state index >= 15 is 0 Å². The number of benzene rings is 1. The van der Waals surface area contributed by atoms with Crippen LogP contribution in [0, 0.1) is 12.8 Å². The molecule has 2 atom stereocenters. The van der Waals surface area contributed by atoms with E-state index in [1.54, 1.807) is 0 Å². The molecular formula is C15H22N2O3. The van der Waals surface area contributed by atoms with Gasteiger partial charge in [-0.25, -0.2) is 0 Å². The van der Waals surface area contributed by atoms with Gasteiger partial charge in [-0.05, 0) is 38.6 Å². The summed E-state index contributed by atoms with van der Waals surface area (Å²) in [6.07, 6.45) is 0. The Kier molecular flexibility index (Phi) is 4.98. The van der Waals surface area contributed by atoms with Crippen molar-refractivity contribution in [2.75, 3.05) is 32.2 Å². The molecule has 1 fully saturated rings. The number of carbonyl (C=O) groups excluding carboxylic acids is 1. The van der Waals surface area contributed by atoms with Crippen molar-refractivity contribution in [2.24, 2.45) is 5.92 Å². The van der Waals surface area contributed by atoms with Crippen molar-refractivity contribution in [3.05, 3.63) is 23.8 Å². The smallest absolute Gasteiger partial charge is 0.231 e. The second kappa shape index (κ2) is 6.72. The van der Waals surface area contributed by atoms with Crippen molar-refractivity contribution >= 4 is 11.6 Å². The van der Waals surface area contributed by atoms with E-state index in [-0.39, 0.29) is 17.9 Å². The molecule has 1 aliphatic rings. The Bertz CT molecular complexity index is 476. The van der Waals surface area contributed by atoms with Gasteiger partial charge in [0.05, 0.1) is 31.4 Å². The third-order valence-electron chi connectivity index (χ3n) is 3.48. The number of hydrogen-bond donors (Lipinski definition) is 2. The van der Waals surface area contributed by atoms with Gasteiger partial charge in [0, 0.05) is 6.04 Å². The summed E-state index contributed by atoms with van der Waals surface area (Å²) in [6, 6.07) is 5.83. The molecule has 0 spiro atoms. The van der Waals surface area contributed by atoms with Crippen LogP contribution in [-0.2, 0) is 9.53 Å². The van der Waals surface area contributed by atoms with Crippen molar-refractivity contribution in [3.63, 3.8) is 0 Å². The lowest BCUT2D eigenvalue weighted by molar-refractivity contribution is -0.120. The van der Waals surface area contributed by atoms with E-state index in [0.29, 0.717) is 31.3 Å². The third-order valence-corrected chi connectivity index (χ3v) is 3.48. The average molecular weight is 278 g/mol. The Labute approximate surface area is 119 Å². The zero-order valence-electron chi connectivity index (χ0n) is 12.2. The molecule has 2 unspecified atom stereocenters. The number of rotatable bonds is 5. The van der Waals surface area contributed by atoms with E-state index in [2.05, 4.69) is 10.6 Å². The highest BCUT2D eigenvalue weighted by Crippen LogP contribution is 2.27. The standard InChI is InChI=1S/C15H22N2O3/c1-4-20-14-7-10(2)5-6-12(14)17-15(18)11-8-19-9-13(11)16-3/h5-7,11,13,16H,4,8-9H2,1-3H3,(H,17,18). The van der Waals surface area contributed by atoms with Crippen LogP contribution in [0.4, 0.5) is 5.69 Å². The molecule has 5 nitrogen and oxygen atoms in total. The van der Waals surface area contributed by atoms with Gasteiger partial charge in [0.25, 0.3) is 0 Å². The summed E-state index contributed by atoms with van der Waals surface area (Å²) < 4.78 is 10.9. The molecule has 20 heavy (non-hydrogen) atoms. The molecule has 0 aromatic heterocycles. The minimum atomic E-state index is -0.171. The van der Waals surface area contributed by atoms with Gasteiger partial charge < -0.3 is 20.1 Å². The quantitative estimate of drug-likeness (QED) is 0.858. The van der Waals surface area contributed by atoms with Gasteiger partial charge in [0.2, 0.25) is 5.91 Å². The number of carbonyl (C=O) groups is 1. The molecule has 5 heteroatoms. The van der Waals surface area contributed by atoms with Gasteiger partial charge >= 0.3 is 0 Å². The van der Waals surface area contributed by atoms with Crippen LogP contribution in [0.5, 0.6) is 5.75 Å². The third kappa shape index (κ3) is 3.29. The first-order valence-corrected chi connectivity index (χ1v) is 6.95. The number of nitrogens with one attached hydrogen (secondary N) is 2. The van der Waals surface area contributed by atoms with Crippen LogP contribution in [0.25, 0.3) is 0 Å². The highest BCUT2D eigenvalue weighted by Gasteiger charge is 2.33. The van der Waals surface area contributed by atoms with Crippen molar-refractivity contribution in [1.82, 2.24) is 5.32 Å². The Morgan fingerprint density at radius 2 is 2.25 bits per heavy atom. The second-order valence-corrected chi connectivity index (χ2v) is 4.96. The van der Waals surface area contributed by atoms with Crippen molar-refractivity contribution in [2.45, 2.75) is 19.9 Å². The highest BCUT2D eigenvalue weighted by atomic mass is 16.5. The fraction of sp³-hybridized carbons (Fsp3) is 0.533. The summed E-state index contributed by atoms with van der Waals surface area (Å²) in [5, 5.41) is 6.06. The summed E-state index contributed by atoms with van der Waals surface area (Å²) in [5.41, 5.74) is 1.81. The SMILES string of the molecule is CCOc1cc(C)ccc1NC(=O)C1COCC1NC. The molecule has 0 aliphatic carbocycles. The van der Waals surface area contributed by atoms with Crippen LogP contribution in [0.15, 0.2) is 18.2 Å². The Hall–Kier alpha value is -1.59. The molecule has 1 aromatic carbocycles. The zero-order chi connectivity index (χ0) is 14.5. The lowest BCUT2D eigenvalue weighted by Gasteiger charge is -2.18. The van der Waals surface area contributed by atoms with E-state index < -0.39 is 0 Å². The average Bonchev–Trinajstić information content (AvgIpc) is 2.90. The van der Waals surface area contributed by atoms with Crippen molar-refractivity contribution < 1.29 is 14.3 Å². The van der Waals surface area contributed by atoms with E-state index in [4.69, 9.17) is 9.47 Å². The van der Waals surface area contributed by atoms with Crippen LogP contribution in [0.1, 0.15) is 12.5 Å². The molecule has 0 saturated carbocycles. The van der Waals surface area contributed by atoms with Gasteiger partial charge in [-0.2, -0.15) is 0 Å². The summed E-state index contributed by atoms with van der Waals surface area (Å²) in [4.78, 5) is 12.3. The maximum atomic E-state index is 12.3. The summed E-state index contributed by atoms with van der Waals surface area (Å²) in [6.45, 7) is 5.51. The second-order valence-electron chi connectivity index (χ2n) is 4.96. The molecule has 1 saturated heterocycles. The monoisotopic (exact) mass is 278 g/mol. The largest absolute Gasteiger partial charge is 0.492 e. The first kappa shape index (κ1) is 14.8. The Morgan fingerprint density at radius 3 is 2.95 bits per heavy atom. The molecular weight excluding hydrogens is 256 g/mol. The molecule has 2 rings (SSSR count). The minimum Gasteiger partial charge on any atom is -0.492 e. The Balaban J connectivity index is 2.11. The normalized spacial score (nSPS) is 21.8. The molecule has 1 amide bonds. The predicted octanol–water partition coefficient (Wildman–Crippen LogP) is 1.57. The first-order valence-electron chi connectivity index (χ1n) is 6.95. The maximum absolute atomic E-state index is 12.3. The highest BCUT2D eigenvalue weighted by molar-refractivity contribution is 5.94. The van der Waals surface area contributed by atoms with Gasteiger partial charge in [-0.15, -0.1) is 0 Å². The van der Waals surface area contributed by atoms with Gasteiger partial charge in [-0.1, -0.05) is 6.07 Å². The van der Waals surface area contributed by atoms with Gasteiger partial charge in [0.15, 0.2) is 0 Å². The molecule has 2 N–H and O–H groups in total. The number of hydrogen-bond acceptors (Lipinski definition) is 4. The van der Waals surface area contributed by atoms with Gasteiger partial charge in [0.1, 0.15) is 5.75 Å². The lowest BCUT2D eigenvalue weighted by atomic mass is 10.0. The van der Waals surface area contributed by atoms with Crippen LogP contribution in [-0.4, -0.2) is 38.8 Å². The fourth-order valence-corrected chi connectivity index (χ4v) is 2.33. The van der Waals surface area contributed by atoms with E-state index in [0.717, 1.165) is 5.56 Å². The van der Waals surface area contributed by atoms with Crippen molar-refractivity contribution in [1.29, 1.82) is 0 Å². The molecule has 1 aromatic rings. The lowest BCUT2D eigenvalue weighted by Crippen LogP contribution is -2.39. The first-order chi connectivity index (χ1) is 9.65. The summed E-state index contributed by atoms with van der Waals surface area (Å²) in [5.74, 6) is 0.503. The minimum absolute atomic E-state index is 0.0355. The molecule has 110 valence electrons. The summed E-state index contributed by atoms with van der Waals surface area (Å²) in [7, 11) is 1.84. The number of amides is 1. The summed E-state index contributed by atoms with van der Waals surface area (Å²) >= 11 is 0. The molecule has 0 bridgehead atoms. The number of likely N-dealkylation sites (N-methyl/N-ethyl adjacent to an activating group) is 1. The topological polar surface area (TPSA) is 59.6 Å². The van der Waals surface area contributed by atoms with Crippen LogP contribution >= 0.6 is 0 Å². The van der Waals surface area contributed by atoms with E-state index in [9.17, 15) is 4.79 Å². The number of aryl methyl sites for hydroxylation is 1. The molecule has 1 heterocycles. The molecule has 1 aliphatic heterocycles. The zero-order valence-corrected chi connectivity index (χ0v) is 12.2. The fourth-order valence-electron chi connectivity index (χ4n) is 2.33. The van der Waals surface area contributed by atoms with Crippen LogP contribution < -0.4 is 15.4 Å². The van der Waals surface area contributed by atoms with Gasteiger partial charge in [-0.3, -0.25) is 4.79 Å². The van der Waals surface area contributed by atoms with E-state index in [1.807, 2.05) is 39.1 Å². The number of ether oxygens (including phenoxy) is 2. The van der Waals surface area contributed by atoms with E-state index in [1.165, 1.54) is 0 Å². The van der Waals surface area contributed by atoms with Crippen molar-refractivity contribution in [3.8, 4) is 5.75 Å². The number of anilines is 1. The van der Waals surface area contributed by atoms with Crippen LogP contribution in [0.3, 0.4) is 0 Å².